The minimum Gasteiger partial charge on any atom is -0.456 e. The quantitative estimate of drug-likeness (QED) is 0.769. The predicted octanol–water partition coefficient (Wildman–Crippen LogP) is 4.39. The van der Waals surface area contributed by atoms with Gasteiger partial charge >= 0.3 is 0 Å². The second-order valence-electron chi connectivity index (χ2n) is 3.82. The van der Waals surface area contributed by atoms with Gasteiger partial charge in [0, 0.05) is 5.56 Å². The van der Waals surface area contributed by atoms with Crippen molar-refractivity contribution < 1.29 is 13.9 Å². The van der Waals surface area contributed by atoms with E-state index in [1.165, 1.54) is 18.2 Å². The molecule has 0 spiro atoms. The molecular formula is C14H10ClFO2. The maximum Gasteiger partial charge on any atom is 0.150 e. The normalized spacial score (nSPS) is 10.2. The van der Waals surface area contributed by atoms with Crippen LogP contribution in [0, 0.1) is 12.7 Å². The minimum absolute atomic E-state index is 0.203. The minimum atomic E-state index is -0.416. The molecule has 0 aliphatic rings. The summed E-state index contributed by atoms with van der Waals surface area (Å²) in [5.74, 6) is 0.537. The summed E-state index contributed by atoms with van der Waals surface area (Å²) in [6, 6.07) is 8.96. The second kappa shape index (κ2) is 5.19. The van der Waals surface area contributed by atoms with E-state index in [0.29, 0.717) is 17.1 Å². The van der Waals surface area contributed by atoms with Crippen LogP contribution in [-0.2, 0) is 0 Å². The summed E-state index contributed by atoms with van der Waals surface area (Å²) >= 11 is 5.87. The van der Waals surface area contributed by atoms with Crippen LogP contribution < -0.4 is 4.74 Å². The summed E-state index contributed by atoms with van der Waals surface area (Å²) in [7, 11) is 0. The fourth-order valence-electron chi connectivity index (χ4n) is 1.54. The summed E-state index contributed by atoms with van der Waals surface area (Å²) in [5, 5.41) is 0.203. The molecule has 92 valence electrons. The highest BCUT2D eigenvalue weighted by Gasteiger charge is 2.07. The van der Waals surface area contributed by atoms with E-state index < -0.39 is 5.82 Å². The Morgan fingerprint density at radius 3 is 2.50 bits per heavy atom. The molecule has 0 heterocycles. The highest BCUT2D eigenvalue weighted by Crippen LogP contribution is 2.31. The van der Waals surface area contributed by atoms with Crippen LogP contribution >= 0.6 is 11.6 Å². The van der Waals surface area contributed by atoms with Crippen molar-refractivity contribution in [2.24, 2.45) is 0 Å². The molecule has 0 saturated heterocycles. The Balaban J connectivity index is 2.31. The van der Waals surface area contributed by atoms with Gasteiger partial charge in [-0.25, -0.2) is 4.39 Å². The van der Waals surface area contributed by atoms with Crippen molar-refractivity contribution in [2.45, 2.75) is 6.92 Å². The van der Waals surface area contributed by atoms with Crippen LogP contribution in [0.5, 0.6) is 11.5 Å². The molecule has 0 fully saturated rings. The van der Waals surface area contributed by atoms with Crippen molar-refractivity contribution in [3.63, 3.8) is 0 Å². The zero-order chi connectivity index (χ0) is 13.1. The SMILES string of the molecule is Cc1cc(C=O)ccc1Oc1ccc(F)cc1Cl. The monoisotopic (exact) mass is 264 g/mol. The Hall–Kier alpha value is -1.87. The van der Waals surface area contributed by atoms with Crippen molar-refractivity contribution in [3.05, 3.63) is 58.4 Å². The van der Waals surface area contributed by atoms with E-state index in [0.717, 1.165) is 11.8 Å². The lowest BCUT2D eigenvalue weighted by atomic mass is 10.1. The first-order chi connectivity index (χ1) is 8.60. The number of carbonyl (C=O) groups excluding carboxylic acids is 1. The zero-order valence-corrected chi connectivity index (χ0v) is 10.4. The zero-order valence-electron chi connectivity index (χ0n) is 9.61. The molecule has 0 radical (unpaired) electrons. The van der Waals surface area contributed by atoms with Gasteiger partial charge in [-0.15, -0.1) is 0 Å². The molecule has 2 nitrogen and oxygen atoms in total. The lowest BCUT2D eigenvalue weighted by Gasteiger charge is -2.10. The van der Waals surface area contributed by atoms with E-state index in [1.807, 2.05) is 6.92 Å². The molecule has 0 atom stereocenters. The number of carbonyl (C=O) groups is 1. The lowest BCUT2D eigenvalue weighted by Crippen LogP contribution is -1.90. The molecule has 4 heteroatoms. The van der Waals surface area contributed by atoms with Crippen molar-refractivity contribution in [2.75, 3.05) is 0 Å². The predicted molar refractivity (Wildman–Crippen MR) is 68.1 cm³/mol. The highest BCUT2D eigenvalue weighted by molar-refractivity contribution is 6.32. The Morgan fingerprint density at radius 1 is 1.17 bits per heavy atom. The van der Waals surface area contributed by atoms with Crippen molar-refractivity contribution in [1.82, 2.24) is 0 Å². The van der Waals surface area contributed by atoms with Gasteiger partial charge in [0.05, 0.1) is 5.02 Å². The molecule has 2 aromatic rings. The molecule has 0 amide bonds. The molecular weight excluding hydrogens is 255 g/mol. The van der Waals surface area contributed by atoms with Gasteiger partial charge in [0.25, 0.3) is 0 Å². The van der Waals surface area contributed by atoms with E-state index >= 15 is 0 Å². The number of halogens is 2. The van der Waals surface area contributed by atoms with Crippen molar-refractivity contribution >= 4 is 17.9 Å². The summed E-state index contributed by atoms with van der Waals surface area (Å²) < 4.78 is 18.5. The van der Waals surface area contributed by atoms with Gasteiger partial charge < -0.3 is 4.74 Å². The standard InChI is InChI=1S/C14H10ClFO2/c1-9-6-10(8-17)2-4-13(9)18-14-5-3-11(16)7-12(14)15/h2-8H,1H3. The first kappa shape index (κ1) is 12.6. The second-order valence-corrected chi connectivity index (χ2v) is 4.23. The number of hydrogen-bond acceptors (Lipinski definition) is 2. The largest absolute Gasteiger partial charge is 0.456 e. The molecule has 0 saturated carbocycles. The van der Waals surface area contributed by atoms with Crippen LogP contribution in [0.3, 0.4) is 0 Å². The Morgan fingerprint density at radius 2 is 1.89 bits per heavy atom. The summed E-state index contributed by atoms with van der Waals surface area (Å²) in [6.07, 6.45) is 0.766. The van der Waals surface area contributed by atoms with Gasteiger partial charge in [-0.1, -0.05) is 11.6 Å². The van der Waals surface area contributed by atoms with Crippen LogP contribution in [0.2, 0.25) is 5.02 Å². The topological polar surface area (TPSA) is 26.3 Å². The average molecular weight is 265 g/mol. The number of hydrogen-bond donors (Lipinski definition) is 0. The lowest BCUT2D eigenvalue weighted by molar-refractivity contribution is 0.112. The van der Waals surface area contributed by atoms with Crippen molar-refractivity contribution in [3.8, 4) is 11.5 Å². The smallest absolute Gasteiger partial charge is 0.150 e. The van der Waals surface area contributed by atoms with Crippen molar-refractivity contribution in [1.29, 1.82) is 0 Å². The molecule has 0 bridgehead atoms. The van der Waals surface area contributed by atoms with Crippen LogP contribution in [0.25, 0.3) is 0 Å². The first-order valence-electron chi connectivity index (χ1n) is 5.29. The van der Waals surface area contributed by atoms with Gasteiger partial charge in [-0.3, -0.25) is 4.79 Å². The van der Waals surface area contributed by atoms with Crippen LogP contribution in [0.1, 0.15) is 15.9 Å². The molecule has 0 aromatic heterocycles. The Labute approximate surface area is 109 Å². The van der Waals surface area contributed by atoms with E-state index in [9.17, 15) is 9.18 Å². The molecule has 18 heavy (non-hydrogen) atoms. The highest BCUT2D eigenvalue weighted by atomic mass is 35.5. The van der Waals surface area contributed by atoms with Gasteiger partial charge in [-0.05, 0) is 48.9 Å². The average Bonchev–Trinajstić information content (AvgIpc) is 2.34. The number of rotatable bonds is 3. The molecule has 0 aliphatic heterocycles. The molecule has 0 N–H and O–H groups in total. The maximum absolute atomic E-state index is 12.9. The van der Waals surface area contributed by atoms with E-state index in [1.54, 1.807) is 18.2 Å². The first-order valence-corrected chi connectivity index (χ1v) is 5.66. The number of aldehydes is 1. The molecule has 2 rings (SSSR count). The summed E-state index contributed by atoms with van der Waals surface area (Å²) in [4.78, 5) is 10.6. The summed E-state index contributed by atoms with van der Waals surface area (Å²) in [5.41, 5.74) is 1.38. The van der Waals surface area contributed by atoms with Gasteiger partial charge in [-0.2, -0.15) is 0 Å². The maximum atomic E-state index is 12.9. The van der Waals surface area contributed by atoms with Crippen LogP contribution in [0.15, 0.2) is 36.4 Å². The van der Waals surface area contributed by atoms with Crippen LogP contribution in [-0.4, -0.2) is 6.29 Å². The fourth-order valence-corrected chi connectivity index (χ4v) is 1.74. The summed E-state index contributed by atoms with van der Waals surface area (Å²) in [6.45, 7) is 1.82. The Bertz CT molecular complexity index is 596. The third kappa shape index (κ3) is 2.68. The number of ether oxygens (including phenoxy) is 1. The molecule has 2 aromatic carbocycles. The molecule has 0 unspecified atom stereocenters. The number of aryl methyl sites for hydroxylation is 1. The third-order valence-electron chi connectivity index (χ3n) is 2.45. The Kier molecular flexibility index (Phi) is 3.63. The van der Waals surface area contributed by atoms with E-state index in [-0.39, 0.29) is 5.02 Å². The molecule has 0 aliphatic carbocycles. The fraction of sp³-hybridized carbons (Fsp3) is 0.0714. The third-order valence-corrected chi connectivity index (χ3v) is 2.74. The van der Waals surface area contributed by atoms with Crippen LogP contribution in [0.4, 0.5) is 4.39 Å². The van der Waals surface area contributed by atoms with E-state index in [2.05, 4.69) is 0 Å². The number of benzene rings is 2. The van der Waals surface area contributed by atoms with Gasteiger partial charge in [0.1, 0.15) is 23.6 Å². The van der Waals surface area contributed by atoms with E-state index in [4.69, 9.17) is 16.3 Å². The van der Waals surface area contributed by atoms with Gasteiger partial charge in [0.2, 0.25) is 0 Å². The van der Waals surface area contributed by atoms with Gasteiger partial charge in [0.15, 0.2) is 0 Å².